The van der Waals surface area contributed by atoms with Gasteiger partial charge in [-0.05, 0) is 37.8 Å². The Morgan fingerprint density at radius 3 is 2.62 bits per heavy atom. The topological polar surface area (TPSA) is 45.9 Å². The summed E-state index contributed by atoms with van der Waals surface area (Å²) in [7, 11) is 0. The van der Waals surface area contributed by atoms with Crippen LogP contribution >= 0.6 is 0 Å². The first-order valence-electron chi connectivity index (χ1n) is 7.25. The third-order valence-electron chi connectivity index (χ3n) is 3.58. The van der Waals surface area contributed by atoms with Crippen LogP contribution in [0.5, 0.6) is 0 Å². The number of carbonyl (C=O) groups excluding carboxylic acids is 1. The lowest BCUT2D eigenvalue weighted by Crippen LogP contribution is -3.13. The fourth-order valence-electron chi connectivity index (χ4n) is 2.45. The minimum atomic E-state index is -0.703. The van der Waals surface area contributed by atoms with E-state index < -0.39 is 11.6 Å². The molecule has 1 heterocycles. The number of quaternary nitrogens is 1. The Labute approximate surface area is 122 Å². The molecule has 114 valence electrons. The molecule has 1 amide bonds. The summed E-state index contributed by atoms with van der Waals surface area (Å²) in [6.45, 7) is 2.39. The van der Waals surface area contributed by atoms with Gasteiger partial charge in [-0.2, -0.15) is 5.10 Å². The van der Waals surface area contributed by atoms with Crippen molar-refractivity contribution in [1.29, 1.82) is 0 Å². The first-order chi connectivity index (χ1) is 10.1. The van der Waals surface area contributed by atoms with E-state index >= 15 is 0 Å². The summed E-state index contributed by atoms with van der Waals surface area (Å²) in [5.74, 6) is -1.53. The van der Waals surface area contributed by atoms with E-state index in [1.54, 1.807) is 0 Å². The van der Waals surface area contributed by atoms with E-state index in [0.29, 0.717) is 6.54 Å². The summed E-state index contributed by atoms with van der Waals surface area (Å²) >= 11 is 0. The minimum absolute atomic E-state index is 0.138. The van der Waals surface area contributed by atoms with Crippen LogP contribution in [0, 0.1) is 11.6 Å². The highest BCUT2D eigenvalue weighted by molar-refractivity contribution is 5.82. The molecule has 4 nitrogen and oxygen atoms in total. The van der Waals surface area contributed by atoms with Gasteiger partial charge in [0, 0.05) is 11.6 Å². The second-order valence-electron chi connectivity index (χ2n) is 5.30. The average Bonchev–Trinajstić information content (AvgIpc) is 2.70. The average molecular weight is 296 g/mol. The fourth-order valence-corrected chi connectivity index (χ4v) is 2.45. The Kier molecular flexibility index (Phi) is 5.80. The molecule has 0 aromatic heterocycles. The van der Waals surface area contributed by atoms with Crippen LogP contribution in [0.2, 0.25) is 0 Å². The molecule has 0 radical (unpaired) electrons. The molecule has 1 aromatic rings. The van der Waals surface area contributed by atoms with E-state index in [9.17, 15) is 13.6 Å². The standard InChI is InChI=1S/C15H19F2N3O/c16-13-6-5-12(14(17)9-13)10-18-19-15(21)11-20-7-3-1-2-4-8-20/h5-6,9-10H,1-4,7-8,11H2,(H,19,21)/p+1/b18-10-. The van der Waals surface area contributed by atoms with Crippen LogP contribution in [0.4, 0.5) is 8.78 Å². The number of amides is 1. The second kappa shape index (κ2) is 7.83. The van der Waals surface area contributed by atoms with Crippen LogP contribution < -0.4 is 10.3 Å². The summed E-state index contributed by atoms with van der Waals surface area (Å²) in [4.78, 5) is 13.0. The first kappa shape index (κ1) is 15.6. The molecule has 21 heavy (non-hydrogen) atoms. The number of nitrogens with zero attached hydrogens (tertiary/aromatic N) is 1. The number of hydrogen-bond acceptors (Lipinski definition) is 2. The molecule has 6 heteroatoms. The van der Waals surface area contributed by atoms with Crippen molar-refractivity contribution in [2.24, 2.45) is 5.10 Å². The molecule has 1 fully saturated rings. The Hall–Kier alpha value is -1.82. The summed E-state index contributed by atoms with van der Waals surface area (Å²) in [6.07, 6.45) is 5.93. The number of halogens is 2. The Morgan fingerprint density at radius 2 is 1.95 bits per heavy atom. The van der Waals surface area contributed by atoms with Crippen molar-refractivity contribution >= 4 is 12.1 Å². The van der Waals surface area contributed by atoms with Crippen molar-refractivity contribution in [2.45, 2.75) is 25.7 Å². The van der Waals surface area contributed by atoms with Gasteiger partial charge in [-0.1, -0.05) is 0 Å². The molecule has 0 atom stereocenters. The van der Waals surface area contributed by atoms with E-state index in [2.05, 4.69) is 10.5 Å². The van der Waals surface area contributed by atoms with Crippen LogP contribution in [-0.2, 0) is 4.79 Å². The van der Waals surface area contributed by atoms with Gasteiger partial charge in [0.25, 0.3) is 5.91 Å². The lowest BCUT2D eigenvalue weighted by Gasteiger charge is -2.15. The third kappa shape index (κ3) is 5.23. The van der Waals surface area contributed by atoms with Crippen molar-refractivity contribution in [2.75, 3.05) is 19.6 Å². The smallest absolute Gasteiger partial charge is 0.295 e. The van der Waals surface area contributed by atoms with Gasteiger partial charge in [0.2, 0.25) is 0 Å². The summed E-state index contributed by atoms with van der Waals surface area (Å²) in [5, 5.41) is 3.72. The van der Waals surface area contributed by atoms with Gasteiger partial charge in [-0.25, -0.2) is 14.2 Å². The molecule has 0 unspecified atom stereocenters. The maximum Gasteiger partial charge on any atom is 0.295 e. The molecular weight excluding hydrogens is 276 g/mol. The van der Waals surface area contributed by atoms with E-state index in [1.807, 2.05) is 0 Å². The minimum Gasteiger partial charge on any atom is -0.327 e. The number of hydrazone groups is 1. The molecule has 1 aliphatic heterocycles. The molecule has 0 bridgehead atoms. The number of hydrogen-bond donors (Lipinski definition) is 2. The Balaban J connectivity index is 1.81. The predicted octanol–water partition coefficient (Wildman–Crippen LogP) is 0.874. The van der Waals surface area contributed by atoms with Gasteiger partial charge in [0.05, 0.1) is 19.3 Å². The van der Waals surface area contributed by atoms with Crippen molar-refractivity contribution in [1.82, 2.24) is 5.43 Å². The van der Waals surface area contributed by atoms with E-state index in [-0.39, 0.29) is 11.5 Å². The van der Waals surface area contributed by atoms with E-state index in [4.69, 9.17) is 0 Å². The zero-order valence-electron chi connectivity index (χ0n) is 11.9. The highest BCUT2D eigenvalue weighted by Crippen LogP contribution is 2.06. The molecular formula is C15H20F2N3O+. The predicted molar refractivity (Wildman–Crippen MR) is 76.1 cm³/mol. The number of rotatable bonds is 4. The summed E-state index contributed by atoms with van der Waals surface area (Å²) in [5.41, 5.74) is 2.53. The van der Waals surface area contributed by atoms with Crippen molar-refractivity contribution in [3.63, 3.8) is 0 Å². The fraction of sp³-hybridized carbons (Fsp3) is 0.467. The lowest BCUT2D eigenvalue weighted by molar-refractivity contribution is -0.891. The van der Waals surface area contributed by atoms with Crippen LogP contribution in [0.1, 0.15) is 31.2 Å². The number of nitrogens with one attached hydrogen (secondary N) is 2. The zero-order chi connectivity index (χ0) is 15.1. The van der Waals surface area contributed by atoms with Crippen molar-refractivity contribution < 1.29 is 18.5 Å². The normalized spacial score (nSPS) is 16.9. The Morgan fingerprint density at radius 1 is 1.24 bits per heavy atom. The molecule has 0 saturated carbocycles. The van der Waals surface area contributed by atoms with Gasteiger partial charge < -0.3 is 4.90 Å². The zero-order valence-corrected chi connectivity index (χ0v) is 11.9. The van der Waals surface area contributed by atoms with Gasteiger partial charge in [0.1, 0.15) is 11.6 Å². The largest absolute Gasteiger partial charge is 0.327 e. The molecule has 0 spiro atoms. The maximum absolute atomic E-state index is 13.3. The molecule has 2 N–H and O–H groups in total. The summed E-state index contributed by atoms with van der Waals surface area (Å²) < 4.78 is 26.1. The number of benzene rings is 1. The van der Waals surface area contributed by atoms with Crippen molar-refractivity contribution in [3.8, 4) is 0 Å². The first-order valence-corrected chi connectivity index (χ1v) is 7.25. The summed E-state index contributed by atoms with van der Waals surface area (Å²) in [6, 6.07) is 3.21. The third-order valence-corrected chi connectivity index (χ3v) is 3.58. The van der Waals surface area contributed by atoms with Gasteiger partial charge >= 0.3 is 0 Å². The van der Waals surface area contributed by atoms with Crippen molar-refractivity contribution in [3.05, 3.63) is 35.4 Å². The molecule has 1 aliphatic rings. The van der Waals surface area contributed by atoms with Crippen LogP contribution in [-0.4, -0.2) is 31.8 Å². The molecule has 1 saturated heterocycles. The molecule has 2 rings (SSSR count). The monoisotopic (exact) mass is 296 g/mol. The van der Waals surface area contributed by atoms with Crippen LogP contribution in [0.3, 0.4) is 0 Å². The van der Waals surface area contributed by atoms with E-state index in [1.165, 1.54) is 30.0 Å². The lowest BCUT2D eigenvalue weighted by atomic mass is 10.2. The highest BCUT2D eigenvalue weighted by atomic mass is 19.1. The molecule has 0 aliphatic carbocycles. The highest BCUT2D eigenvalue weighted by Gasteiger charge is 2.15. The number of likely N-dealkylation sites (tertiary alicyclic amines) is 1. The second-order valence-corrected chi connectivity index (χ2v) is 5.30. The van der Waals surface area contributed by atoms with Crippen LogP contribution in [0.25, 0.3) is 0 Å². The maximum atomic E-state index is 13.3. The van der Waals surface area contributed by atoms with Gasteiger partial charge in [-0.3, -0.25) is 4.79 Å². The van der Waals surface area contributed by atoms with Crippen LogP contribution in [0.15, 0.2) is 23.3 Å². The Bertz CT molecular complexity index is 512. The van der Waals surface area contributed by atoms with Gasteiger partial charge in [0.15, 0.2) is 6.54 Å². The van der Waals surface area contributed by atoms with E-state index in [0.717, 1.165) is 38.1 Å². The van der Waals surface area contributed by atoms with Gasteiger partial charge in [-0.15, -0.1) is 0 Å². The quantitative estimate of drug-likeness (QED) is 0.629. The SMILES string of the molecule is O=C(C[NH+]1CCCCCC1)N/N=C\c1ccc(F)cc1F. The molecule has 1 aromatic carbocycles. The number of carbonyl (C=O) groups is 1.